The van der Waals surface area contributed by atoms with E-state index in [1.54, 1.807) is 0 Å². The number of hydrogen-bond acceptors (Lipinski definition) is 3. The van der Waals surface area contributed by atoms with Crippen LogP contribution < -0.4 is 0 Å². The van der Waals surface area contributed by atoms with E-state index in [0.29, 0.717) is 24.4 Å². The van der Waals surface area contributed by atoms with E-state index in [2.05, 4.69) is 13.8 Å². The summed E-state index contributed by atoms with van der Waals surface area (Å²) in [5.41, 5.74) is 0. The first-order valence-electron chi connectivity index (χ1n) is 18.2. The molecule has 0 saturated carbocycles. The first kappa shape index (κ1) is 35.1. The molecule has 0 aromatic heterocycles. The minimum atomic E-state index is 0.457. The smallest absolute Gasteiger partial charge is 0.0597 e. The molecule has 2 rings (SSSR count). The Bertz CT molecular complexity index is 458. The average Bonchev–Trinajstić information content (AvgIpc) is 2.88. The quantitative estimate of drug-likeness (QED) is 0.0832. The van der Waals surface area contributed by atoms with Crippen LogP contribution in [0, 0.1) is 0 Å². The van der Waals surface area contributed by atoms with E-state index in [1.807, 2.05) is 0 Å². The third kappa shape index (κ3) is 19.6. The van der Waals surface area contributed by atoms with E-state index in [1.165, 1.54) is 180 Å². The second-order valence-corrected chi connectivity index (χ2v) is 13.0. The first-order chi connectivity index (χ1) is 19.3. The van der Waals surface area contributed by atoms with Gasteiger partial charge in [0.25, 0.3) is 0 Å². The summed E-state index contributed by atoms with van der Waals surface area (Å²) in [5, 5.41) is 0. The number of rotatable bonds is 30. The zero-order valence-electron chi connectivity index (χ0n) is 26.7. The number of ether oxygens (including phenoxy) is 3. The largest absolute Gasteiger partial charge is 0.378 e. The fourth-order valence-corrected chi connectivity index (χ4v) is 6.37. The summed E-state index contributed by atoms with van der Waals surface area (Å²) in [7, 11) is 0. The van der Waals surface area contributed by atoms with Gasteiger partial charge < -0.3 is 14.2 Å². The van der Waals surface area contributed by atoms with Crippen LogP contribution in [-0.2, 0) is 14.2 Å². The fraction of sp³-hybridized carbons (Fsp3) is 1.00. The highest BCUT2D eigenvalue weighted by molar-refractivity contribution is 4.72. The van der Waals surface area contributed by atoms with Gasteiger partial charge in [-0.15, -0.1) is 0 Å². The Kier molecular flexibility index (Phi) is 23.0. The Labute approximate surface area is 245 Å². The van der Waals surface area contributed by atoms with Crippen LogP contribution >= 0.6 is 0 Å². The van der Waals surface area contributed by atoms with Crippen molar-refractivity contribution in [1.29, 1.82) is 0 Å². The van der Waals surface area contributed by atoms with Gasteiger partial charge in [0.1, 0.15) is 0 Å². The van der Waals surface area contributed by atoms with Crippen LogP contribution in [0.3, 0.4) is 0 Å². The Morgan fingerprint density at radius 1 is 0.462 bits per heavy atom. The van der Waals surface area contributed by atoms with Gasteiger partial charge in [-0.3, -0.25) is 0 Å². The third-order valence-corrected chi connectivity index (χ3v) is 9.34. The van der Waals surface area contributed by atoms with E-state index >= 15 is 0 Å². The van der Waals surface area contributed by atoms with Crippen LogP contribution in [-0.4, -0.2) is 37.6 Å². The SMILES string of the molecule is CCCCCCCCCCCC(CCCC1CCO1)OC(CCCCCCCCCCC)CCCC1CCO1. The van der Waals surface area contributed by atoms with Crippen LogP contribution in [0.25, 0.3) is 0 Å². The van der Waals surface area contributed by atoms with Gasteiger partial charge in [-0.25, -0.2) is 0 Å². The monoisotopic (exact) mass is 551 g/mol. The van der Waals surface area contributed by atoms with Crippen molar-refractivity contribution in [2.75, 3.05) is 13.2 Å². The van der Waals surface area contributed by atoms with Gasteiger partial charge in [0.2, 0.25) is 0 Å². The van der Waals surface area contributed by atoms with Crippen LogP contribution in [0.15, 0.2) is 0 Å². The summed E-state index contributed by atoms with van der Waals surface area (Å²) in [6.45, 7) is 6.58. The summed E-state index contributed by atoms with van der Waals surface area (Å²) < 4.78 is 18.4. The molecule has 0 aromatic rings. The molecule has 0 radical (unpaired) electrons. The summed E-state index contributed by atoms with van der Waals surface area (Å²) in [6.07, 6.45) is 39.9. The molecular formula is C36H70O3. The van der Waals surface area contributed by atoms with E-state index in [0.717, 1.165) is 13.2 Å². The van der Waals surface area contributed by atoms with Crippen molar-refractivity contribution in [3.8, 4) is 0 Å². The number of unbranched alkanes of at least 4 members (excludes halogenated alkanes) is 16. The van der Waals surface area contributed by atoms with E-state index in [-0.39, 0.29) is 0 Å². The molecule has 0 amide bonds. The van der Waals surface area contributed by atoms with Crippen molar-refractivity contribution in [3.63, 3.8) is 0 Å². The van der Waals surface area contributed by atoms with Crippen molar-refractivity contribution in [1.82, 2.24) is 0 Å². The molecule has 39 heavy (non-hydrogen) atoms. The van der Waals surface area contributed by atoms with E-state index < -0.39 is 0 Å². The highest BCUT2D eigenvalue weighted by Crippen LogP contribution is 2.26. The minimum Gasteiger partial charge on any atom is -0.378 e. The van der Waals surface area contributed by atoms with Gasteiger partial charge in [-0.05, 0) is 64.2 Å². The van der Waals surface area contributed by atoms with E-state index in [9.17, 15) is 0 Å². The lowest BCUT2D eigenvalue weighted by Gasteiger charge is -2.30. The van der Waals surface area contributed by atoms with Gasteiger partial charge in [-0.1, -0.05) is 129 Å². The molecule has 2 fully saturated rings. The van der Waals surface area contributed by atoms with Gasteiger partial charge in [0.05, 0.1) is 24.4 Å². The predicted molar refractivity (Wildman–Crippen MR) is 169 cm³/mol. The summed E-state index contributed by atoms with van der Waals surface area (Å²) in [5.74, 6) is 0. The first-order valence-corrected chi connectivity index (χ1v) is 18.2. The maximum absolute atomic E-state index is 6.98. The van der Waals surface area contributed by atoms with Crippen molar-refractivity contribution in [2.24, 2.45) is 0 Å². The Morgan fingerprint density at radius 3 is 1.08 bits per heavy atom. The van der Waals surface area contributed by atoms with E-state index in [4.69, 9.17) is 14.2 Å². The van der Waals surface area contributed by atoms with Gasteiger partial charge in [0.15, 0.2) is 0 Å². The molecule has 232 valence electrons. The second kappa shape index (κ2) is 25.6. The molecule has 2 aliphatic rings. The van der Waals surface area contributed by atoms with Gasteiger partial charge >= 0.3 is 0 Å². The molecule has 3 heteroatoms. The maximum atomic E-state index is 6.98. The second-order valence-electron chi connectivity index (χ2n) is 13.0. The molecule has 0 aliphatic carbocycles. The average molecular weight is 551 g/mol. The third-order valence-electron chi connectivity index (χ3n) is 9.34. The predicted octanol–water partition coefficient (Wildman–Crippen LogP) is 11.5. The molecule has 2 saturated heterocycles. The summed E-state index contributed by atoms with van der Waals surface area (Å²) >= 11 is 0. The topological polar surface area (TPSA) is 27.7 Å². The maximum Gasteiger partial charge on any atom is 0.0597 e. The van der Waals surface area contributed by atoms with Crippen molar-refractivity contribution >= 4 is 0 Å². The Hall–Kier alpha value is -0.120. The molecule has 0 bridgehead atoms. The van der Waals surface area contributed by atoms with Crippen LogP contribution in [0.5, 0.6) is 0 Å². The number of hydrogen-bond donors (Lipinski definition) is 0. The molecule has 0 N–H and O–H groups in total. The highest BCUT2D eigenvalue weighted by Gasteiger charge is 2.22. The molecule has 4 atom stereocenters. The van der Waals surface area contributed by atoms with Crippen LogP contribution in [0.1, 0.15) is 194 Å². The van der Waals surface area contributed by atoms with Crippen LogP contribution in [0.2, 0.25) is 0 Å². The van der Waals surface area contributed by atoms with Crippen molar-refractivity contribution < 1.29 is 14.2 Å². The summed E-state index contributed by atoms with van der Waals surface area (Å²) in [4.78, 5) is 0. The molecule has 2 heterocycles. The van der Waals surface area contributed by atoms with Crippen LogP contribution in [0.4, 0.5) is 0 Å². The summed E-state index contributed by atoms with van der Waals surface area (Å²) in [6, 6.07) is 0. The Morgan fingerprint density at radius 2 is 0.769 bits per heavy atom. The lowest BCUT2D eigenvalue weighted by atomic mass is 9.98. The van der Waals surface area contributed by atoms with Crippen molar-refractivity contribution in [3.05, 3.63) is 0 Å². The minimum absolute atomic E-state index is 0.457. The lowest BCUT2D eigenvalue weighted by molar-refractivity contribution is -0.0669. The molecular weight excluding hydrogens is 480 g/mol. The lowest BCUT2D eigenvalue weighted by Crippen LogP contribution is -2.28. The zero-order chi connectivity index (χ0) is 27.6. The molecule has 4 unspecified atom stereocenters. The van der Waals surface area contributed by atoms with Gasteiger partial charge in [-0.2, -0.15) is 0 Å². The Balaban J connectivity index is 1.69. The highest BCUT2D eigenvalue weighted by atomic mass is 16.5. The molecule has 0 spiro atoms. The fourth-order valence-electron chi connectivity index (χ4n) is 6.37. The molecule has 3 nitrogen and oxygen atoms in total. The zero-order valence-corrected chi connectivity index (χ0v) is 26.7. The normalized spacial score (nSPS) is 20.5. The standard InChI is InChI=1S/C36H70O3/c1-3-5-7-9-11-13-15-17-19-23-35(27-21-25-33-29-31-37-33)39-36(28-22-26-34-30-32-38-34)24-20-18-16-14-12-10-8-6-4-2/h33-36H,3-32H2,1-2H3. The van der Waals surface area contributed by atoms with Crippen molar-refractivity contribution in [2.45, 2.75) is 218 Å². The molecule has 2 aliphatic heterocycles. The molecule has 0 aromatic carbocycles. The van der Waals surface area contributed by atoms with Gasteiger partial charge in [0, 0.05) is 13.2 Å².